The minimum Gasteiger partial charge on any atom is -0.308 e. The average molecular weight is 272 g/mol. The van der Waals surface area contributed by atoms with Crippen LogP contribution in [0, 0.1) is 5.92 Å². The maximum atomic E-state index is 12.4. The van der Waals surface area contributed by atoms with Crippen molar-refractivity contribution in [1.82, 2.24) is 5.32 Å². The van der Waals surface area contributed by atoms with E-state index in [4.69, 9.17) is 0 Å². The fourth-order valence-electron chi connectivity index (χ4n) is 1.50. The Labute approximate surface area is 107 Å². The van der Waals surface area contributed by atoms with Crippen molar-refractivity contribution in [2.45, 2.75) is 19.0 Å². The quantitative estimate of drug-likeness (QED) is 0.869. The largest absolute Gasteiger partial charge is 0.416 e. The van der Waals surface area contributed by atoms with Crippen LogP contribution in [0.2, 0.25) is 0 Å². The van der Waals surface area contributed by atoms with Gasteiger partial charge in [0.05, 0.1) is 5.56 Å². The first-order chi connectivity index (χ1) is 8.86. The van der Waals surface area contributed by atoms with Gasteiger partial charge in [-0.05, 0) is 31.0 Å². The lowest BCUT2D eigenvalue weighted by molar-refractivity contribution is -0.137. The Morgan fingerprint density at radius 3 is 2.47 bits per heavy atom. The number of anilines is 1. The molecule has 1 aliphatic carbocycles. The van der Waals surface area contributed by atoms with Gasteiger partial charge in [0.1, 0.15) is 0 Å². The molecule has 1 aromatic rings. The van der Waals surface area contributed by atoms with Crippen LogP contribution in [0.1, 0.15) is 18.4 Å². The molecule has 4 nitrogen and oxygen atoms in total. The van der Waals surface area contributed by atoms with Gasteiger partial charge >= 0.3 is 12.2 Å². The molecule has 19 heavy (non-hydrogen) atoms. The van der Waals surface area contributed by atoms with Crippen LogP contribution in [-0.2, 0) is 11.0 Å². The monoisotopic (exact) mass is 272 g/mol. The van der Waals surface area contributed by atoms with Crippen LogP contribution in [0.4, 0.5) is 23.7 Å². The minimum atomic E-state index is -4.47. The number of halogens is 3. The van der Waals surface area contributed by atoms with Crippen molar-refractivity contribution in [3.8, 4) is 0 Å². The van der Waals surface area contributed by atoms with E-state index in [0.717, 1.165) is 25.0 Å². The van der Waals surface area contributed by atoms with Crippen molar-refractivity contribution in [2.24, 2.45) is 5.92 Å². The van der Waals surface area contributed by atoms with E-state index < -0.39 is 23.7 Å². The summed E-state index contributed by atoms with van der Waals surface area (Å²) in [6, 6.07) is 3.38. The predicted molar refractivity (Wildman–Crippen MR) is 61.3 cm³/mol. The summed E-state index contributed by atoms with van der Waals surface area (Å²) in [5.41, 5.74) is -0.880. The molecule has 0 atom stereocenters. The number of hydrogen-bond donors (Lipinski definition) is 2. The van der Waals surface area contributed by atoms with Crippen molar-refractivity contribution < 1.29 is 22.8 Å². The summed E-state index contributed by atoms with van der Waals surface area (Å²) in [6.07, 6.45) is -3.00. The zero-order valence-electron chi connectivity index (χ0n) is 9.75. The van der Waals surface area contributed by atoms with E-state index in [9.17, 15) is 22.8 Å². The van der Waals surface area contributed by atoms with E-state index in [1.807, 2.05) is 0 Å². The van der Waals surface area contributed by atoms with Crippen molar-refractivity contribution >= 4 is 17.6 Å². The number of rotatable bonds is 2. The molecule has 2 rings (SSSR count). The Morgan fingerprint density at radius 2 is 1.89 bits per heavy atom. The number of carbonyl (C=O) groups excluding carboxylic acids is 2. The Kier molecular flexibility index (Phi) is 3.46. The number of amides is 3. The molecule has 0 spiro atoms. The number of alkyl halides is 3. The molecule has 2 N–H and O–H groups in total. The van der Waals surface area contributed by atoms with Crippen molar-refractivity contribution in [1.29, 1.82) is 0 Å². The summed E-state index contributed by atoms with van der Waals surface area (Å²) in [4.78, 5) is 22.7. The lowest BCUT2D eigenvalue weighted by Crippen LogP contribution is -2.35. The van der Waals surface area contributed by atoms with Gasteiger partial charge in [-0.15, -0.1) is 0 Å². The third-order valence-electron chi connectivity index (χ3n) is 2.63. The van der Waals surface area contributed by atoms with E-state index in [2.05, 4.69) is 10.6 Å². The van der Waals surface area contributed by atoms with Crippen LogP contribution in [0.25, 0.3) is 0 Å². The molecule has 7 heteroatoms. The number of benzene rings is 1. The highest BCUT2D eigenvalue weighted by Gasteiger charge is 2.31. The van der Waals surface area contributed by atoms with Crippen molar-refractivity contribution in [3.05, 3.63) is 29.8 Å². The summed E-state index contributed by atoms with van der Waals surface area (Å²) in [7, 11) is 0. The third-order valence-corrected chi connectivity index (χ3v) is 2.63. The number of carbonyl (C=O) groups is 2. The van der Waals surface area contributed by atoms with E-state index in [1.165, 1.54) is 12.1 Å². The topological polar surface area (TPSA) is 58.2 Å². The van der Waals surface area contributed by atoms with Gasteiger partial charge in [-0.1, -0.05) is 6.07 Å². The number of urea groups is 1. The first-order valence-corrected chi connectivity index (χ1v) is 5.65. The molecular weight excluding hydrogens is 261 g/mol. The second-order valence-electron chi connectivity index (χ2n) is 4.30. The van der Waals surface area contributed by atoms with E-state index in [-0.39, 0.29) is 11.6 Å². The molecule has 1 saturated carbocycles. The number of hydrogen-bond acceptors (Lipinski definition) is 2. The summed E-state index contributed by atoms with van der Waals surface area (Å²) < 4.78 is 37.3. The van der Waals surface area contributed by atoms with Crippen LogP contribution in [0.15, 0.2) is 24.3 Å². The van der Waals surface area contributed by atoms with Crippen LogP contribution >= 0.6 is 0 Å². The SMILES string of the molecule is O=C(NC(=O)C1CC1)Nc1cccc(C(F)(F)F)c1. The Balaban J connectivity index is 1.98. The summed E-state index contributed by atoms with van der Waals surface area (Å²) in [5.74, 6) is -0.545. The molecule has 1 fully saturated rings. The van der Waals surface area contributed by atoms with Gasteiger partial charge in [0, 0.05) is 11.6 Å². The van der Waals surface area contributed by atoms with Crippen molar-refractivity contribution in [3.63, 3.8) is 0 Å². The molecule has 0 radical (unpaired) electrons. The van der Waals surface area contributed by atoms with Gasteiger partial charge in [-0.25, -0.2) is 4.79 Å². The second-order valence-corrected chi connectivity index (χ2v) is 4.30. The maximum Gasteiger partial charge on any atom is 0.416 e. The molecule has 3 amide bonds. The molecule has 1 aromatic carbocycles. The highest BCUT2D eigenvalue weighted by Crippen LogP contribution is 2.31. The van der Waals surface area contributed by atoms with Gasteiger partial charge in [0.25, 0.3) is 0 Å². The molecule has 0 aliphatic heterocycles. The smallest absolute Gasteiger partial charge is 0.308 e. The molecule has 0 saturated heterocycles. The standard InChI is InChI=1S/C12H11F3N2O2/c13-12(14,15)8-2-1-3-9(6-8)16-11(19)17-10(18)7-4-5-7/h1-3,6-7H,4-5H2,(H2,16,17,18,19). The fraction of sp³-hybridized carbons (Fsp3) is 0.333. The van der Waals surface area contributed by atoms with Crippen LogP contribution in [0.5, 0.6) is 0 Å². The molecule has 0 heterocycles. The predicted octanol–water partition coefficient (Wildman–Crippen LogP) is 2.76. The molecule has 1 aliphatic rings. The zero-order valence-corrected chi connectivity index (χ0v) is 9.75. The average Bonchev–Trinajstić information content (AvgIpc) is 3.11. The molecule has 0 aromatic heterocycles. The Hall–Kier alpha value is -2.05. The summed E-state index contributed by atoms with van der Waals surface area (Å²) >= 11 is 0. The highest BCUT2D eigenvalue weighted by molar-refractivity contribution is 6.02. The Bertz CT molecular complexity index is 510. The molecular formula is C12H11F3N2O2. The third kappa shape index (κ3) is 3.70. The molecule has 0 bridgehead atoms. The second kappa shape index (κ2) is 4.91. The molecule has 0 unspecified atom stereocenters. The number of nitrogens with one attached hydrogen (secondary N) is 2. The first kappa shape index (κ1) is 13.4. The number of imide groups is 1. The Morgan fingerprint density at radius 1 is 1.21 bits per heavy atom. The van der Waals surface area contributed by atoms with Gasteiger partial charge in [-0.2, -0.15) is 13.2 Å². The van der Waals surface area contributed by atoms with Crippen LogP contribution in [-0.4, -0.2) is 11.9 Å². The van der Waals surface area contributed by atoms with Gasteiger partial charge in [-0.3, -0.25) is 10.1 Å². The highest BCUT2D eigenvalue weighted by atomic mass is 19.4. The van der Waals surface area contributed by atoms with Crippen LogP contribution < -0.4 is 10.6 Å². The van der Waals surface area contributed by atoms with Crippen molar-refractivity contribution in [2.75, 3.05) is 5.32 Å². The fourth-order valence-corrected chi connectivity index (χ4v) is 1.50. The summed E-state index contributed by atoms with van der Waals surface area (Å²) in [6.45, 7) is 0. The zero-order chi connectivity index (χ0) is 14.0. The van der Waals surface area contributed by atoms with Crippen LogP contribution in [0.3, 0.4) is 0 Å². The van der Waals surface area contributed by atoms with E-state index in [0.29, 0.717) is 0 Å². The van der Waals surface area contributed by atoms with Gasteiger partial charge in [0.15, 0.2) is 0 Å². The maximum absolute atomic E-state index is 12.4. The minimum absolute atomic E-state index is 0.0177. The first-order valence-electron chi connectivity index (χ1n) is 5.65. The van der Waals surface area contributed by atoms with E-state index in [1.54, 1.807) is 0 Å². The lowest BCUT2D eigenvalue weighted by Gasteiger charge is -2.10. The van der Waals surface area contributed by atoms with Gasteiger partial charge in [0.2, 0.25) is 5.91 Å². The van der Waals surface area contributed by atoms with Gasteiger partial charge < -0.3 is 5.32 Å². The lowest BCUT2D eigenvalue weighted by atomic mass is 10.2. The van der Waals surface area contributed by atoms with E-state index >= 15 is 0 Å². The normalized spacial score (nSPS) is 14.9. The molecule has 102 valence electrons. The summed E-state index contributed by atoms with van der Waals surface area (Å²) in [5, 5.41) is 4.28.